The summed E-state index contributed by atoms with van der Waals surface area (Å²) in [7, 11) is 0. The Hall–Kier alpha value is -2.66. The van der Waals surface area contributed by atoms with E-state index in [9.17, 15) is 9.59 Å². The Bertz CT molecular complexity index is 865. The Morgan fingerprint density at radius 1 is 1.00 bits per heavy atom. The van der Waals surface area contributed by atoms with Gasteiger partial charge in [-0.25, -0.2) is 0 Å². The summed E-state index contributed by atoms with van der Waals surface area (Å²) in [6.07, 6.45) is 3.94. The molecule has 1 aliphatic carbocycles. The second-order valence-electron chi connectivity index (χ2n) is 7.66. The summed E-state index contributed by atoms with van der Waals surface area (Å²) in [6, 6.07) is 15.8. The Balaban J connectivity index is 1.47. The minimum absolute atomic E-state index is 0.125. The summed E-state index contributed by atoms with van der Waals surface area (Å²) in [5.74, 6) is -1.07. The lowest BCUT2D eigenvalue weighted by Crippen LogP contribution is -2.49. The van der Waals surface area contributed by atoms with E-state index in [1.165, 1.54) is 17.5 Å². The third-order valence-corrected chi connectivity index (χ3v) is 5.56. The Labute approximate surface area is 165 Å². The van der Waals surface area contributed by atoms with Crippen molar-refractivity contribution in [2.24, 2.45) is 0 Å². The predicted octanol–water partition coefficient (Wildman–Crippen LogP) is 3.49. The molecule has 1 heterocycles. The lowest BCUT2D eigenvalue weighted by Gasteiger charge is -2.36. The molecule has 28 heavy (non-hydrogen) atoms. The standard InChI is InChI=1S/C23H26N2O3/c1-16-14-25(15-21(28-16)18-9-3-2-4-10-18)23(27)22(26)24-20-13-7-11-17-8-5-6-12-19(17)20/h2-4,7,9-11,13,16,21H,5-6,8,12,14-15H2,1H3,(H,24,26)/t16-,21-/m0/s1. The summed E-state index contributed by atoms with van der Waals surface area (Å²) < 4.78 is 6.00. The van der Waals surface area contributed by atoms with Gasteiger partial charge in [-0.1, -0.05) is 42.5 Å². The average Bonchev–Trinajstić information content (AvgIpc) is 2.73. The van der Waals surface area contributed by atoms with Crippen molar-refractivity contribution in [2.75, 3.05) is 18.4 Å². The summed E-state index contributed by atoms with van der Waals surface area (Å²) >= 11 is 0. The van der Waals surface area contributed by atoms with Crippen molar-refractivity contribution in [1.82, 2.24) is 4.90 Å². The van der Waals surface area contributed by atoms with Gasteiger partial charge < -0.3 is 15.0 Å². The number of hydrogen-bond donors (Lipinski definition) is 1. The van der Waals surface area contributed by atoms with Crippen molar-refractivity contribution in [3.63, 3.8) is 0 Å². The molecule has 4 rings (SSSR count). The van der Waals surface area contributed by atoms with Crippen LogP contribution in [0.2, 0.25) is 0 Å². The zero-order valence-corrected chi connectivity index (χ0v) is 16.2. The third-order valence-electron chi connectivity index (χ3n) is 5.56. The van der Waals surface area contributed by atoms with Crippen LogP contribution in [0.4, 0.5) is 5.69 Å². The largest absolute Gasteiger partial charge is 0.367 e. The number of rotatable bonds is 2. The lowest BCUT2D eigenvalue weighted by molar-refractivity contribution is -0.152. The molecule has 1 saturated heterocycles. The monoisotopic (exact) mass is 378 g/mol. The highest BCUT2D eigenvalue weighted by Gasteiger charge is 2.32. The van der Waals surface area contributed by atoms with Crippen molar-refractivity contribution in [3.8, 4) is 0 Å². The summed E-state index contributed by atoms with van der Waals surface area (Å²) in [4.78, 5) is 27.2. The molecule has 2 aromatic rings. The van der Waals surface area contributed by atoms with Crippen LogP contribution in [0.15, 0.2) is 48.5 Å². The molecule has 2 atom stereocenters. The molecule has 0 aromatic heterocycles. The number of hydrogen-bond acceptors (Lipinski definition) is 3. The van der Waals surface area contributed by atoms with E-state index in [4.69, 9.17) is 4.74 Å². The fraction of sp³-hybridized carbons (Fsp3) is 0.391. The van der Waals surface area contributed by atoms with Crippen molar-refractivity contribution >= 4 is 17.5 Å². The van der Waals surface area contributed by atoms with Gasteiger partial charge in [0, 0.05) is 12.2 Å². The van der Waals surface area contributed by atoms with Crippen LogP contribution in [0.5, 0.6) is 0 Å². The SMILES string of the molecule is C[C@H]1CN(C(=O)C(=O)Nc2cccc3c2CCCC3)C[C@@H](c2ccccc2)O1. The summed E-state index contributed by atoms with van der Waals surface area (Å²) in [6.45, 7) is 2.73. The van der Waals surface area contributed by atoms with E-state index >= 15 is 0 Å². The number of fused-ring (bicyclic) bond motifs is 1. The number of carbonyl (C=O) groups is 2. The highest BCUT2D eigenvalue weighted by atomic mass is 16.5. The van der Waals surface area contributed by atoms with Gasteiger partial charge in [0.15, 0.2) is 0 Å². The first-order valence-electron chi connectivity index (χ1n) is 10.0. The molecule has 2 amide bonds. The first kappa shape index (κ1) is 18.7. The first-order chi connectivity index (χ1) is 13.6. The summed E-state index contributed by atoms with van der Waals surface area (Å²) in [5.41, 5.74) is 4.24. The molecule has 5 heteroatoms. The van der Waals surface area contributed by atoms with Crippen LogP contribution in [0, 0.1) is 0 Å². The molecule has 0 saturated carbocycles. The second-order valence-corrected chi connectivity index (χ2v) is 7.66. The van der Waals surface area contributed by atoms with E-state index < -0.39 is 11.8 Å². The molecule has 1 fully saturated rings. The first-order valence-corrected chi connectivity index (χ1v) is 10.0. The number of amides is 2. The van der Waals surface area contributed by atoms with Gasteiger partial charge in [-0.3, -0.25) is 9.59 Å². The molecular weight excluding hydrogens is 352 g/mol. The van der Waals surface area contributed by atoms with Crippen molar-refractivity contribution in [3.05, 3.63) is 65.2 Å². The number of morpholine rings is 1. The van der Waals surface area contributed by atoms with Gasteiger partial charge in [0.2, 0.25) is 0 Å². The van der Waals surface area contributed by atoms with E-state index in [-0.39, 0.29) is 12.2 Å². The maximum atomic E-state index is 12.9. The second kappa shape index (κ2) is 8.15. The van der Waals surface area contributed by atoms with E-state index in [1.807, 2.05) is 49.4 Å². The van der Waals surface area contributed by atoms with Gasteiger partial charge in [-0.05, 0) is 55.4 Å². The number of nitrogens with one attached hydrogen (secondary N) is 1. The molecule has 0 bridgehead atoms. The fourth-order valence-electron chi connectivity index (χ4n) is 4.19. The Morgan fingerprint density at radius 3 is 2.61 bits per heavy atom. The van der Waals surface area contributed by atoms with Gasteiger partial charge in [0.25, 0.3) is 0 Å². The van der Waals surface area contributed by atoms with Crippen LogP contribution in [0.25, 0.3) is 0 Å². The molecular formula is C23H26N2O3. The number of carbonyl (C=O) groups excluding carboxylic acids is 2. The molecule has 5 nitrogen and oxygen atoms in total. The number of aryl methyl sites for hydroxylation is 1. The zero-order valence-electron chi connectivity index (χ0n) is 16.2. The topological polar surface area (TPSA) is 58.6 Å². The van der Waals surface area contributed by atoms with Crippen LogP contribution in [0.3, 0.4) is 0 Å². The van der Waals surface area contributed by atoms with E-state index in [2.05, 4.69) is 11.4 Å². The smallest absolute Gasteiger partial charge is 0.313 e. The van der Waals surface area contributed by atoms with Crippen molar-refractivity contribution < 1.29 is 14.3 Å². The fourth-order valence-corrected chi connectivity index (χ4v) is 4.19. The number of anilines is 1. The Morgan fingerprint density at radius 2 is 1.79 bits per heavy atom. The molecule has 1 N–H and O–H groups in total. The number of benzene rings is 2. The van der Waals surface area contributed by atoms with Gasteiger partial charge in [-0.2, -0.15) is 0 Å². The molecule has 1 aliphatic heterocycles. The maximum Gasteiger partial charge on any atom is 0.313 e. The molecule has 2 aromatic carbocycles. The number of ether oxygens (including phenoxy) is 1. The third kappa shape index (κ3) is 3.94. The van der Waals surface area contributed by atoms with Crippen molar-refractivity contribution in [1.29, 1.82) is 0 Å². The lowest BCUT2D eigenvalue weighted by atomic mass is 9.90. The van der Waals surface area contributed by atoms with Crippen LogP contribution in [-0.2, 0) is 27.2 Å². The minimum Gasteiger partial charge on any atom is -0.367 e. The van der Waals surface area contributed by atoms with Crippen LogP contribution < -0.4 is 5.32 Å². The van der Waals surface area contributed by atoms with Gasteiger partial charge in [-0.15, -0.1) is 0 Å². The average molecular weight is 378 g/mol. The van der Waals surface area contributed by atoms with Crippen LogP contribution in [0.1, 0.15) is 42.6 Å². The molecule has 146 valence electrons. The van der Waals surface area contributed by atoms with Crippen LogP contribution >= 0.6 is 0 Å². The van der Waals surface area contributed by atoms with Gasteiger partial charge >= 0.3 is 11.8 Å². The zero-order chi connectivity index (χ0) is 19.5. The number of nitrogens with zero attached hydrogens (tertiary/aromatic N) is 1. The Kier molecular flexibility index (Phi) is 5.44. The van der Waals surface area contributed by atoms with Crippen LogP contribution in [-0.4, -0.2) is 35.9 Å². The molecule has 0 spiro atoms. The predicted molar refractivity (Wildman–Crippen MR) is 108 cm³/mol. The highest BCUT2D eigenvalue weighted by molar-refractivity contribution is 6.39. The normalized spacial score (nSPS) is 21.7. The quantitative estimate of drug-likeness (QED) is 0.814. The van der Waals surface area contributed by atoms with Gasteiger partial charge in [0.05, 0.1) is 12.6 Å². The molecule has 0 unspecified atom stereocenters. The maximum absolute atomic E-state index is 12.9. The summed E-state index contributed by atoms with van der Waals surface area (Å²) in [5, 5.41) is 2.87. The minimum atomic E-state index is -0.570. The van der Waals surface area contributed by atoms with Gasteiger partial charge in [0.1, 0.15) is 6.10 Å². The molecule has 0 radical (unpaired) electrons. The van der Waals surface area contributed by atoms with E-state index in [0.717, 1.165) is 30.5 Å². The van der Waals surface area contributed by atoms with E-state index in [1.54, 1.807) is 4.90 Å². The van der Waals surface area contributed by atoms with E-state index in [0.29, 0.717) is 13.1 Å². The molecule has 2 aliphatic rings. The highest BCUT2D eigenvalue weighted by Crippen LogP contribution is 2.28. The van der Waals surface area contributed by atoms with Crippen molar-refractivity contribution in [2.45, 2.75) is 44.8 Å².